The number of ether oxygens (including phenoxy) is 2. The Hall–Kier alpha value is -1.17. The molecule has 112 valence electrons. The van der Waals surface area contributed by atoms with Crippen LogP contribution in [-0.4, -0.2) is 25.2 Å². The van der Waals surface area contributed by atoms with Crippen molar-refractivity contribution in [2.75, 3.05) is 18.5 Å². The molecule has 0 bridgehead atoms. The molecule has 0 aliphatic carbocycles. The van der Waals surface area contributed by atoms with Crippen LogP contribution in [0.1, 0.15) is 13.8 Å². The van der Waals surface area contributed by atoms with Crippen molar-refractivity contribution in [3.05, 3.63) is 17.2 Å². The van der Waals surface area contributed by atoms with E-state index in [1.54, 1.807) is 12.1 Å². The number of carbonyl (C=O) groups excluding carboxylic acids is 1. The largest absolute Gasteiger partial charge is 0.486 e. The van der Waals surface area contributed by atoms with Crippen molar-refractivity contribution >= 4 is 35.6 Å². The van der Waals surface area contributed by atoms with E-state index in [9.17, 15) is 4.79 Å². The predicted molar refractivity (Wildman–Crippen MR) is 81.1 cm³/mol. The molecule has 3 N–H and O–H groups in total. The van der Waals surface area contributed by atoms with Gasteiger partial charge in [-0.1, -0.05) is 25.4 Å². The quantitative estimate of drug-likeness (QED) is 0.897. The summed E-state index contributed by atoms with van der Waals surface area (Å²) >= 11 is 6.10. The number of anilines is 1. The minimum atomic E-state index is -0.579. The fourth-order valence-electron chi connectivity index (χ4n) is 1.68. The van der Waals surface area contributed by atoms with E-state index in [0.717, 1.165) is 0 Å². The van der Waals surface area contributed by atoms with E-state index in [1.165, 1.54) is 0 Å². The Morgan fingerprint density at radius 3 is 2.40 bits per heavy atom. The minimum absolute atomic E-state index is 0. The fraction of sp³-hybridized carbons (Fsp3) is 0.462. The summed E-state index contributed by atoms with van der Waals surface area (Å²) in [5.41, 5.74) is 6.26. The highest BCUT2D eigenvalue weighted by atomic mass is 35.5. The van der Waals surface area contributed by atoms with Crippen LogP contribution >= 0.6 is 24.0 Å². The predicted octanol–water partition coefficient (Wildman–Crippen LogP) is 2.45. The molecule has 0 saturated heterocycles. The van der Waals surface area contributed by atoms with Gasteiger partial charge in [0.15, 0.2) is 11.5 Å². The van der Waals surface area contributed by atoms with Crippen molar-refractivity contribution in [1.82, 2.24) is 0 Å². The Labute approximate surface area is 129 Å². The lowest BCUT2D eigenvalue weighted by Crippen LogP contribution is -2.39. The van der Waals surface area contributed by atoms with Gasteiger partial charge in [-0.05, 0) is 5.92 Å². The first-order valence-corrected chi connectivity index (χ1v) is 6.52. The van der Waals surface area contributed by atoms with Gasteiger partial charge in [-0.25, -0.2) is 0 Å². The van der Waals surface area contributed by atoms with Crippen molar-refractivity contribution < 1.29 is 14.3 Å². The summed E-state index contributed by atoms with van der Waals surface area (Å²) in [6.07, 6.45) is 0. The number of benzene rings is 1. The second-order valence-corrected chi connectivity index (χ2v) is 5.14. The van der Waals surface area contributed by atoms with Crippen LogP contribution in [0.2, 0.25) is 5.02 Å². The molecular formula is C13H18Cl2N2O3. The molecule has 0 saturated carbocycles. The Morgan fingerprint density at radius 2 is 1.85 bits per heavy atom. The van der Waals surface area contributed by atoms with Gasteiger partial charge in [0.05, 0.1) is 16.8 Å². The lowest BCUT2D eigenvalue weighted by molar-refractivity contribution is -0.118. The number of hydrogen-bond acceptors (Lipinski definition) is 4. The van der Waals surface area contributed by atoms with Crippen LogP contribution in [0, 0.1) is 5.92 Å². The third-order valence-corrected chi connectivity index (χ3v) is 3.22. The van der Waals surface area contributed by atoms with Gasteiger partial charge >= 0.3 is 0 Å². The summed E-state index contributed by atoms with van der Waals surface area (Å²) in [4.78, 5) is 11.9. The van der Waals surface area contributed by atoms with E-state index in [-0.39, 0.29) is 24.2 Å². The summed E-state index contributed by atoms with van der Waals surface area (Å²) in [6.45, 7) is 4.74. The molecule has 5 nitrogen and oxygen atoms in total. The van der Waals surface area contributed by atoms with E-state index in [0.29, 0.717) is 35.4 Å². The SMILES string of the molecule is CC(C)[C@@H](N)C(=O)Nc1cc2c(cc1Cl)OCCO2.Cl. The summed E-state index contributed by atoms with van der Waals surface area (Å²) in [7, 11) is 0. The zero-order valence-corrected chi connectivity index (χ0v) is 12.9. The molecule has 0 radical (unpaired) electrons. The summed E-state index contributed by atoms with van der Waals surface area (Å²) in [6, 6.07) is 2.71. The van der Waals surface area contributed by atoms with Crippen LogP contribution in [0.15, 0.2) is 12.1 Å². The van der Waals surface area contributed by atoms with Gasteiger partial charge in [-0.3, -0.25) is 4.79 Å². The zero-order chi connectivity index (χ0) is 14.0. The molecule has 7 heteroatoms. The van der Waals surface area contributed by atoms with E-state index in [2.05, 4.69) is 5.32 Å². The first-order chi connectivity index (χ1) is 8.99. The molecule has 1 heterocycles. The van der Waals surface area contributed by atoms with Crippen molar-refractivity contribution in [3.63, 3.8) is 0 Å². The first kappa shape index (κ1) is 16.9. The van der Waals surface area contributed by atoms with Crippen LogP contribution in [0.25, 0.3) is 0 Å². The number of fused-ring (bicyclic) bond motifs is 1. The molecule has 1 atom stereocenters. The molecule has 20 heavy (non-hydrogen) atoms. The number of hydrogen-bond donors (Lipinski definition) is 2. The fourth-order valence-corrected chi connectivity index (χ4v) is 1.88. The molecule has 0 unspecified atom stereocenters. The molecule has 1 aliphatic rings. The van der Waals surface area contributed by atoms with Crippen molar-refractivity contribution in [2.24, 2.45) is 11.7 Å². The highest BCUT2D eigenvalue weighted by Gasteiger charge is 2.20. The Morgan fingerprint density at radius 1 is 1.30 bits per heavy atom. The van der Waals surface area contributed by atoms with E-state index >= 15 is 0 Å². The van der Waals surface area contributed by atoms with Crippen LogP contribution < -0.4 is 20.5 Å². The van der Waals surface area contributed by atoms with Crippen molar-refractivity contribution in [1.29, 1.82) is 0 Å². The van der Waals surface area contributed by atoms with Crippen LogP contribution in [0.5, 0.6) is 11.5 Å². The maximum absolute atomic E-state index is 11.9. The van der Waals surface area contributed by atoms with Gasteiger partial charge in [0.2, 0.25) is 5.91 Å². The molecule has 1 aromatic rings. The standard InChI is InChI=1S/C13H17ClN2O3.ClH/c1-7(2)12(15)13(17)16-9-6-11-10(5-8(9)14)18-3-4-19-11;/h5-7,12H,3-4,15H2,1-2H3,(H,16,17);1H/t12-;/m1./s1. The van der Waals surface area contributed by atoms with Gasteiger partial charge in [-0.15, -0.1) is 12.4 Å². The number of carbonyl (C=O) groups is 1. The highest BCUT2D eigenvalue weighted by Crippen LogP contribution is 2.37. The highest BCUT2D eigenvalue weighted by molar-refractivity contribution is 6.34. The molecular weight excluding hydrogens is 303 g/mol. The lowest BCUT2D eigenvalue weighted by atomic mass is 10.0. The first-order valence-electron chi connectivity index (χ1n) is 6.14. The normalized spacial score (nSPS) is 14.4. The van der Waals surface area contributed by atoms with E-state index < -0.39 is 6.04 Å². The number of nitrogens with two attached hydrogens (primary N) is 1. The Balaban J connectivity index is 0.00000200. The van der Waals surface area contributed by atoms with Gasteiger partial charge in [-0.2, -0.15) is 0 Å². The summed E-state index contributed by atoms with van der Waals surface area (Å²) in [5.74, 6) is 0.941. The molecule has 0 spiro atoms. The monoisotopic (exact) mass is 320 g/mol. The second-order valence-electron chi connectivity index (χ2n) is 4.73. The second kappa shape index (κ2) is 7.02. The van der Waals surface area contributed by atoms with Gasteiger partial charge in [0.25, 0.3) is 0 Å². The Bertz CT molecular complexity index is 495. The topological polar surface area (TPSA) is 73.6 Å². The Kier molecular flexibility index (Phi) is 5.92. The summed E-state index contributed by atoms with van der Waals surface area (Å²) < 4.78 is 10.8. The number of nitrogens with one attached hydrogen (secondary N) is 1. The maximum atomic E-state index is 11.9. The van der Waals surface area contributed by atoms with E-state index in [1.807, 2.05) is 13.8 Å². The maximum Gasteiger partial charge on any atom is 0.241 e. The van der Waals surface area contributed by atoms with E-state index in [4.69, 9.17) is 26.8 Å². The summed E-state index contributed by atoms with van der Waals surface area (Å²) in [5, 5.41) is 3.11. The lowest BCUT2D eigenvalue weighted by Gasteiger charge is -2.21. The average molecular weight is 321 g/mol. The number of halogens is 2. The van der Waals surface area contributed by atoms with Gasteiger partial charge in [0, 0.05) is 12.1 Å². The van der Waals surface area contributed by atoms with Crippen LogP contribution in [0.4, 0.5) is 5.69 Å². The molecule has 1 amide bonds. The van der Waals surface area contributed by atoms with Crippen LogP contribution in [-0.2, 0) is 4.79 Å². The zero-order valence-electron chi connectivity index (χ0n) is 11.3. The average Bonchev–Trinajstić information content (AvgIpc) is 2.38. The van der Waals surface area contributed by atoms with Crippen molar-refractivity contribution in [2.45, 2.75) is 19.9 Å². The molecule has 0 aromatic heterocycles. The minimum Gasteiger partial charge on any atom is -0.486 e. The smallest absolute Gasteiger partial charge is 0.241 e. The number of amides is 1. The number of rotatable bonds is 3. The molecule has 2 rings (SSSR count). The third-order valence-electron chi connectivity index (χ3n) is 2.91. The molecule has 1 aromatic carbocycles. The third kappa shape index (κ3) is 3.69. The molecule has 1 aliphatic heterocycles. The van der Waals surface area contributed by atoms with Gasteiger partial charge < -0.3 is 20.5 Å². The van der Waals surface area contributed by atoms with Crippen molar-refractivity contribution in [3.8, 4) is 11.5 Å². The van der Waals surface area contributed by atoms with Crippen LogP contribution in [0.3, 0.4) is 0 Å². The van der Waals surface area contributed by atoms with Gasteiger partial charge in [0.1, 0.15) is 13.2 Å². The molecule has 0 fully saturated rings.